The van der Waals surface area contributed by atoms with Gasteiger partial charge in [0.25, 0.3) is 5.91 Å². The summed E-state index contributed by atoms with van der Waals surface area (Å²) in [6, 6.07) is 13.9. The van der Waals surface area contributed by atoms with Crippen LogP contribution in [-0.4, -0.2) is 29.3 Å². The fourth-order valence-corrected chi connectivity index (χ4v) is 3.16. The number of rotatable bonds is 5. The van der Waals surface area contributed by atoms with Crippen molar-refractivity contribution in [2.24, 2.45) is 0 Å². The van der Waals surface area contributed by atoms with E-state index in [4.69, 9.17) is 11.6 Å². The second-order valence-electron chi connectivity index (χ2n) is 6.68. The Bertz CT molecular complexity index is 898. The number of nitrogens with one attached hydrogen (secondary N) is 2. The van der Waals surface area contributed by atoms with Gasteiger partial charge >= 0.3 is 6.03 Å². The number of benzene rings is 2. The summed E-state index contributed by atoms with van der Waals surface area (Å²) in [5.74, 6) is -0.893. The highest BCUT2D eigenvalue weighted by atomic mass is 35.5. The van der Waals surface area contributed by atoms with Gasteiger partial charge in [-0.2, -0.15) is 0 Å². The van der Waals surface area contributed by atoms with Crippen molar-refractivity contribution < 1.29 is 14.4 Å². The molecule has 0 unspecified atom stereocenters. The molecule has 2 aromatic rings. The lowest BCUT2D eigenvalue weighted by atomic mass is 9.91. The number of amides is 4. The number of aryl methyl sites for hydroxylation is 1. The van der Waals surface area contributed by atoms with Crippen molar-refractivity contribution in [1.29, 1.82) is 0 Å². The monoisotopic (exact) mass is 385 g/mol. The molecule has 140 valence electrons. The van der Waals surface area contributed by atoms with Gasteiger partial charge in [-0.3, -0.25) is 14.5 Å². The molecule has 0 aliphatic carbocycles. The van der Waals surface area contributed by atoms with E-state index in [0.717, 1.165) is 16.0 Å². The predicted octanol–water partition coefficient (Wildman–Crippen LogP) is 2.73. The highest BCUT2D eigenvalue weighted by Crippen LogP contribution is 2.28. The lowest BCUT2D eigenvalue weighted by Crippen LogP contribution is -2.43. The molecule has 1 aliphatic rings. The third kappa shape index (κ3) is 3.80. The Labute approximate surface area is 162 Å². The van der Waals surface area contributed by atoms with Crippen molar-refractivity contribution in [3.63, 3.8) is 0 Å². The first kappa shape index (κ1) is 18.9. The van der Waals surface area contributed by atoms with Crippen molar-refractivity contribution in [2.45, 2.75) is 25.9 Å². The van der Waals surface area contributed by atoms with Crippen molar-refractivity contribution in [1.82, 2.24) is 15.5 Å². The number of hydrogen-bond acceptors (Lipinski definition) is 3. The first-order valence-electron chi connectivity index (χ1n) is 8.52. The largest absolute Gasteiger partial charge is 0.350 e. The van der Waals surface area contributed by atoms with Gasteiger partial charge < -0.3 is 10.6 Å². The molecule has 0 radical (unpaired) electrons. The van der Waals surface area contributed by atoms with Crippen LogP contribution in [-0.2, 0) is 21.7 Å². The number of hydrogen-bond donors (Lipinski definition) is 2. The van der Waals surface area contributed by atoms with E-state index in [1.54, 1.807) is 37.3 Å². The van der Waals surface area contributed by atoms with Crippen LogP contribution in [0.2, 0.25) is 5.02 Å². The van der Waals surface area contributed by atoms with Gasteiger partial charge in [0.1, 0.15) is 12.1 Å². The molecule has 0 spiro atoms. The molecule has 1 fully saturated rings. The van der Waals surface area contributed by atoms with Gasteiger partial charge in [0.05, 0.1) is 0 Å². The molecule has 1 aliphatic heterocycles. The summed E-state index contributed by atoms with van der Waals surface area (Å²) in [4.78, 5) is 38.3. The van der Waals surface area contributed by atoms with Gasteiger partial charge in [-0.15, -0.1) is 0 Å². The lowest BCUT2D eigenvalue weighted by Gasteiger charge is -2.22. The van der Waals surface area contributed by atoms with Crippen molar-refractivity contribution in [2.75, 3.05) is 6.54 Å². The SMILES string of the molecule is Cc1ccc([C@]2(C)NC(=O)N(CC(=O)NCc3ccccc3Cl)C2=O)cc1. The van der Waals surface area contributed by atoms with Crippen molar-refractivity contribution in [3.8, 4) is 0 Å². The van der Waals surface area contributed by atoms with Crippen LogP contribution < -0.4 is 10.6 Å². The average molecular weight is 386 g/mol. The molecule has 1 saturated heterocycles. The normalized spacial score (nSPS) is 19.1. The van der Waals surface area contributed by atoms with Gasteiger partial charge in [0, 0.05) is 11.6 Å². The highest BCUT2D eigenvalue weighted by molar-refractivity contribution is 6.31. The smallest absolute Gasteiger partial charge is 0.325 e. The molecular formula is C20H20ClN3O3. The quantitative estimate of drug-likeness (QED) is 0.777. The summed E-state index contributed by atoms with van der Waals surface area (Å²) in [5.41, 5.74) is 1.29. The lowest BCUT2D eigenvalue weighted by molar-refractivity contribution is -0.134. The molecule has 6 nitrogen and oxygen atoms in total. The topological polar surface area (TPSA) is 78.5 Å². The molecule has 0 bridgehead atoms. The number of carbonyl (C=O) groups is 3. The Kier molecular flexibility index (Phi) is 5.19. The van der Waals surface area contributed by atoms with Crippen LogP contribution in [0, 0.1) is 6.92 Å². The van der Waals surface area contributed by atoms with Gasteiger partial charge in [0.2, 0.25) is 5.91 Å². The van der Waals surface area contributed by atoms with E-state index in [0.29, 0.717) is 10.6 Å². The fraction of sp³-hybridized carbons (Fsp3) is 0.250. The van der Waals surface area contributed by atoms with E-state index in [-0.39, 0.29) is 13.1 Å². The van der Waals surface area contributed by atoms with Crippen LogP contribution in [0.15, 0.2) is 48.5 Å². The molecule has 3 rings (SSSR count). The fourth-order valence-electron chi connectivity index (χ4n) is 2.96. The van der Waals surface area contributed by atoms with E-state index in [9.17, 15) is 14.4 Å². The second kappa shape index (κ2) is 7.40. The van der Waals surface area contributed by atoms with Gasteiger partial charge in [-0.05, 0) is 31.0 Å². The van der Waals surface area contributed by atoms with Crippen LogP contribution >= 0.6 is 11.6 Å². The van der Waals surface area contributed by atoms with E-state index >= 15 is 0 Å². The van der Waals surface area contributed by atoms with E-state index < -0.39 is 23.4 Å². The zero-order valence-electron chi connectivity index (χ0n) is 15.1. The maximum atomic E-state index is 12.8. The van der Waals surface area contributed by atoms with Gasteiger partial charge in [0.15, 0.2) is 0 Å². The summed E-state index contributed by atoms with van der Waals surface area (Å²) in [5, 5.41) is 5.92. The zero-order valence-corrected chi connectivity index (χ0v) is 15.8. The summed E-state index contributed by atoms with van der Waals surface area (Å²) >= 11 is 6.06. The first-order valence-corrected chi connectivity index (χ1v) is 8.90. The molecule has 0 saturated carbocycles. The van der Waals surface area contributed by atoms with Crippen LogP contribution in [0.4, 0.5) is 4.79 Å². The second-order valence-corrected chi connectivity index (χ2v) is 7.09. The van der Waals surface area contributed by atoms with Gasteiger partial charge in [-0.25, -0.2) is 4.79 Å². The number of nitrogens with zero attached hydrogens (tertiary/aromatic N) is 1. The minimum Gasteiger partial charge on any atom is -0.350 e. The Morgan fingerprint density at radius 1 is 1.15 bits per heavy atom. The molecule has 2 aromatic carbocycles. The Hall–Kier alpha value is -2.86. The van der Waals surface area contributed by atoms with E-state index in [1.807, 2.05) is 25.1 Å². The molecule has 27 heavy (non-hydrogen) atoms. The molecule has 7 heteroatoms. The summed E-state index contributed by atoms with van der Waals surface area (Å²) in [6.45, 7) is 3.45. The minimum absolute atomic E-state index is 0.220. The highest BCUT2D eigenvalue weighted by Gasteiger charge is 2.49. The van der Waals surface area contributed by atoms with Crippen LogP contribution in [0.25, 0.3) is 0 Å². The van der Waals surface area contributed by atoms with Crippen LogP contribution in [0.3, 0.4) is 0 Å². The number of urea groups is 1. The molecule has 1 heterocycles. The molecular weight excluding hydrogens is 366 g/mol. The zero-order chi connectivity index (χ0) is 19.6. The van der Waals surface area contributed by atoms with Crippen LogP contribution in [0.5, 0.6) is 0 Å². The summed E-state index contributed by atoms with van der Waals surface area (Å²) in [6.07, 6.45) is 0. The Morgan fingerprint density at radius 3 is 2.48 bits per heavy atom. The minimum atomic E-state index is -1.19. The number of halogens is 1. The van der Waals surface area contributed by atoms with E-state index in [2.05, 4.69) is 10.6 Å². The molecule has 2 N–H and O–H groups in total. The summed E-state index contributed by atoms with van der Waals surface area (Å²) in [7, 11) is 0. The number of imide groups is 1. The third-order valence-electron chi connectivity index (χ3n) is 4.64. The van der Waals surface area contributed by atoms with Crippen molar-refractivity contribution >= 4 is 29.4 Å². The average Bonchev–Trinajstić information content (AvgIpc) is 2.85. The molecule has 0 aromatic heterocycles. The van der Waals surface area contributed by atoms with Crippen LogP contribution in [0.1, 0.15) is 23.6 Å². The van der Waals surface area contributed by atoms with E-state index in [1.165, 1.54) is 0 Å². The molecule has 1 atom stereocenters. The maximum absolute atomic E-state index is 12.8. The third-order valence-corrected chi connectivity index (χ3v) is 5.01. The Morgan fingerprint density at radius 2 is 1.81 bits per heavy atom. The van der Waals surface area contributed by atoms with Crippen molar-refractivity contribution in [3.05, 3.63) is 70.2 Å². The first-order chi connectivity index (χ1) is 12.8. The molecule has 4 amide bonds. The van der Waals surface area contributed by atoms with Gasteiger partial charge in [-0.1, -0.05) is 59.6 Å². The summed E-state index contributed by atoms with van der Waals surface area (Å²) < 4.78 is 0. The maximum Gasteiger partial charge on any atom is 0.325 e. The standard InChI is InChI=1S/C20H20ClN3O3/c1-13-7-9-15(10-8-13)20(2)18(26)24(19(27)23-20)12-17(25)22-11-14-5-3-4-6-16(14)21/h3-10H,11-12H2,1-2H3,(H,22,25)(H,23,27)/t20-/m0/s1. The predicted molar refractivity (Wildman–Crippen MR) is 102 cm³/mol. The Balaban J connectivity index is 1.67. The number of carbonyl (C=O) groups excluding carboxylic acids is 3.